The zero-order chi connectivity index (χ0) is 21.3. The molecular weight excluding hydrogens is 482 g/mol. The number of hydrogen-bond acceptors (Lipinski definition) is 5. The van der Waals surface area contributed by atoms with E-state index >= 15 is 0 Å². The minimum atomic E-state index is -0.440. The fourth-order valence-electron chi connectivity index (χ4n) is 3.49. The molecule has 30 heavy (non-hydrogen) atoms. The molecule has 1 aromatic carbocycles. The van der Waals surface area contributed by atoms with Crippen molar-refractivity contribution in [2.45, 2.75) is 26.2 Å². The highest BCUT2D eigenvalue weighted by atomic mass is 79.9. The molecule has 2 aromatic heterocycles. The second kappa shape index (κ2) is 8.72. The number of thiophene rings is 1. The van der Waals surface area contributed by atoms with E-state index in [1.54, 1.807) is 23.5 Å². The van der Waals surface area contributed by atoms with Gasteiger partial charge in [-0.15, -0.1) is 11.3 Å². The molecule has 5 nitrogen and oxygen atoms in total. The SMILES string of the molecule is C[C@H]1CCc2c(sc(NC(=S)NC(=O)c3ccc(-c4ccc(Br)cc4)o3)c2C#N)C1. The normalized spacial score (nSPS) is 15.2. The van der Waals surface area contributed by atoms with Crippen LogP contribution in [0.2, 0.25) is 0 Å². The largest absolute Gasteiger partial charge is 0.451 e. The molecule has 0 spiro atoms. The fraction of sp³-hybridized carbons (Fsp3) is 0.227. The summed E-state index contributed by atoms with van der Waals surface area (Å²) in [5.41, 5.74) is 2.62. The summed E-state index contributed by atoms with van der Waals surface area (Å²) in [6.07, 6.45) is 2.96. The van der Waals surface area contributed by atoms with Crippen molar-refractivity contribution in [3.63, 3.8) is 0 Å². The molecule has 0 radical (unpaired) electrons. The first-order valence-corrected chi connectivity index (χ1v) is 11.5. The van der Waals surface area contributed by atoms with Gasteiger partial charge < -0.3 is 9.73 Å². The van der Waals surface area contributed by atoms with Gasteiger partial charge in [0.05, 0.1) is 5.56 Å². The van der Waals surface area contributed by atoms with E-state index in [2.05, 4.69) is 39.6 Å². The number of nitriles is 1. The molecule has 3 aromatic rings. The van der Waals surface area contributed by atoms with Gasteiger partial charge in [-0.1, -0.05) is 35.0 Å². The number of anilines is 1. The predicted octanol–water partition coefficient (Wildman–Crippen LogP) is 5.89. The molecule has 1 atom stereocenters. The van der Waals surface area contributed by atoms with Gasteiger partial charge in [0, 0.05) is 14.9 Å². The van der Waals surface area contributed by atoms with Gasteiger partial charge in [-0.05, 0) is 67.2 Å². The number of carbonyl (C=O) groups excluding carboxylic acids is 1. The third-order valence-electron chi connectivity index (χ3n) is 5.04. The summed E-state index contributed by atoms with van der Waals surface area (Å²) in [4.78, 5) is 13.8. The molecule has 0 fully saturated rings. The Hall–Kier alpha value is -2.47. The molecule has 0 aliphatic heterocycles. The van der Waals surface area contributed by atoms with Gasteiger partial charge in [0.25, 0.3) is 5.91 Å². The maximum atomic E-state index is 12.5. The second-order valence-corrected chi connectivity index (χ2v) is 9.68. The van der Waals surface area contributed by atoms with Crippen LogP contribution in [0, 0.1) is 17.2 Å². The first kappa shape index (κ1) is 20.8. The van der Waals surface area contributed by atoms with Crippen molar-refractivity contribution < 1.29 is 9.21 Å². The van der Waals surface area contributed by atoms with E-state index in [1.807, 2.05) is 24.3 Å². The van der Waals surface area contributed by atoms with Crippen LogP contribution in [0.25, 0.3) is 11.3 Å². The quantitative estimate of drug-likeness (QED) is 0.439. The minimum Gasteiger partial charge on any atom is -0.451 e. The number of amides is 1. The van der Waals surface area contributed by atoms with Crippen LogP contribution in [-0.2, 0) is 12.8 Å². The van der Waals surface area contributed by atoms with E-state index in [0.29, 0.717) is 22.2 Å². The highest BCUT2D eigenvalue weighted by molar-refractivity contribution is 9.10. The van der Waals surface area contributed by atoms with E-state index in [4.69, 9.17) is 16.6 Å². The second-order valence-electron chi connectivity index (χ2n) is 7.25. The van der Waals surface area contributed by atoms with Gasteiger partial charge in [-0.25, -0.2) is 0 Å². The average molecular weight is 500 g/mol. The van der Waals surface area contributed by atoms with Gasteiger partial charge in [-0.3, -0.25) is 10.1 Å². The summed E-state index contributed by atoms with van der Waals surface area (Å²) in [7, 11) is 0. The van der Waals surface area contributed by atoms with Gasteiger partial charge in [0.1, 0.15) is 16.8 Å². The van der Waals surface area contributed by atoms with Crippen LogP contribution in [-0.4, -0.2) is 11.0 Å². The summed E-state index contributed by atoms with van der Waals surface area (Å²) < 4.78 is 6.65. The lowest BCUT2D eigenvalue weighted by Gasteiger charge is -2.17. The van der Waals surface area contributed by atoms with Crippen LogP contribution < -0.4 is 10.6 Å². The Balaban J connectivity index is 1.44. The number of furan rings is 1. The van der Waals surface area contributed by atoms with E-state index in [0.717, 1.165) is 34.9 Å². The molecule has 4 rings (SSSR count). The van der Waals surface area contributed by atoms with Crippen LogP contribution in [0.3, 0.4) is 0 Å². The zero-order valence-electron chi connectivity index (χ0n) is 16.1. The van der Waals surface area contributed by atoms with Crippen molar-refractivity contribution in [2.75, 3.05) is 5.32 Å². The Labute approximate surface area is 192 Å². The van der Waals surface area contributed by atoms with Gasteiger partial charge in [0.15, 0.2) is 10.9 Å². The molecule has 0 unspecified atom stereocenters. The maximum absolute atomic E-state index is 12.5. The summed E-state index contributed by atoms with van der Waals surface area (Å²) in [6.45, 7) is 2.22. The Morgan fingerprint density at radius 3 is 2.80 bits per heavy atom. The lowest BCUT2D eigenvalue weighted by Crippen LogP contribution is -2.33. The summed E-state index contributed by atoms with van der Waals surface area (Å²) >= 11 is 10.2. The lowest BCUT2D eigenvalue weighted by molar-refractivity contribution is 0.0951. The van der Waals surface area contributed by atoms with Crippen LogP contribution in [0.4, 0.5) is 5.00 Å². The number of nitrogens with one attached hydrogen (secondary N) is 2. The van der Waals surface area contributed by atoms with Crippen molar-refractivity contribution in [1.82, 2.24) is 5.32 Å². The fourth-order valence-corrected chi connectivity index (χ4v) is 5.37. The number of nitrogens with zero attached hydrogens (tertiary/aromatic N) is 1. The molecule has 1 aliphatic rings. The number of thiocarbonyl (C=S) groups is 1. The number of hydrogen-bond donors (Lipinski definition) is 2. The number of benzene rings is 1. The third-order valence-corrected chi connectivity index (χ3v) is 6.94. The van der Waals surface area contributed by atoms with Crippen molar-refractivity contribution in [1.29, 1.82) is 5.26 Å². The van der Waals surface area contributed by atoms with Gasteiger partial charge in [-0.2, -0.15) is 5.26 Å². The average Bonchev–Trinajstić information content (AvgIpc) is 3.32. The van der Waals surface area contributed by atoms with E-state index in [-0.39, 0.29) is 10.9 Å². The number of rotatable bonds is 3. The minimum absolute atomic E-state index is 0.143. The van der Waals surface area contributed by atoms with Crippen LogP contribution in [0.5, 0.6) is 0 Å². The Bertz CT molecular complexity index is 1160. The van der Waals surface area contributed by atoms with Crippen LogP contribution in [0.1, 0.15) is 39.9 Å². The molecule has 0 saturated carbocycles. The van der Waals surface area contributed by atoms with Crippen molar-refractivity contribution in [3.05, 3.63) is 62.6 Å². The summed E-state index contributed by atoms with van der Waals surface area (Å²) in [6, 6.07) is 13.3. The number of carbonyl (C=O) groups is 1. The van der Waals surface area contributed by atoms with E-state index < -0.39 is 5.91 Å². The third kappa shape index (κ3) is 4.33. The Kier molecular flexibility index (Phi) is 6.04. The Morgan fingerprint density at radius 1 is 1.30 bits per heavy atom. The highest BCUT2D eigenvalue weighted by Gasteiger charge is 2.24. The molecule has 2 N–H and O–H groups in total. The van der Waals surface area contributed by atoms with Gasteiger partial charge >= 0.3 is 0 Å². The molecular formula is C22H18BrN3O2S2. The smallest absolute Gasteiger partial charge is 0.293 e. The molecule has 152 valence electrons. The standard InChI is InChI=1S/C22H18BrN3O2S2/c1-12-2-7-15-16(11-24)21(30-19(15)10-12)26-22(29)25-20(27)18-9-8-17(28-18)13-3-5-14(23)6-4-13/h3-6,8-9,12H,2,7,10H2,1H3,(H2,25,26,27,29)/t12-/m0/s1. The van der Waals surface area contributed by atoms with Crippen LogP contribution >= 0.6 is 39.5 Å². The summed E-state index contributed by atoms with van der Waals surface area (Å²) in [5, 5.41) is 16.1. The van der Waals surface area contributed by atoms with Crippen molar-refractivity contribution >= 4 is 55.5 Å². The molecule has 2 heterocycles. The molecule has 0 saturated heterocycles. The number of halogens is 1. The lowest BCUT2D eigenvalue weighted by atomic mass is 9.89. The monoisotopic (exact) mass is 499 g/mol. The van der Waals surface area contributed by atoms with Crippen LogP contribution in [0.15, 0.2) is 45.3 Å². The van der Waals surface area contributed by atoms with Crippen molar-refractivity contribution in [2.24, 2.45) is 5.92 Å². The highest BCUT2D eigenvalue weighted by Crippen LogP contribution is 2.39. The van der Waals surface area contributed by atoms with Crippen molar-refractivity contribution in [3.8, 4) is 17.4 Å². The first-order valence-electron chi connectivity index (χ1n) is 9.47. The van der Waals surface area contributed by atoms with Gasteiger partial charge in [0.2, 0.25) is 0 Å². The predicted molar refractivity (Wildman–Crippen MR) is 126 cm³/mol. The van der Waals surface area contributed by atoms with E-state index in [9.17, 15) is 10.1 Å². The molecule has 0 bridgehead atoms. The molecule has 1 amide bonds. The number of fused-ring (bicyclic) bond motifs is 1. The van der Waals surface area contributed by atoms with E-state index in [1.165, 1.54) is 4.88 Å². The topological polar surface area (TPSA) is 78.1 Å². The molecule has 8 heteroatoms. The molecule has 1 aliphatic carbocycles. The maximum Gasteiger partial charge on any atom is 0.293 e. The summed E-state index contributed by atoms with van der Waals surface area (Å²) in [5.74, 6) is 0.931. The zero-order valence-corrected chi connectivity index (χ0v) is 19.3. The Morgan fingerprint density at radius 2 is 2.07 bits per heavy atom. The first-order chi connectivity index (χ1) is 14.4.